The van der Waals surface area contributed by atoms with Crippen molar-refractivity contribution in [1.82, 2.24) is 4.90 Å². The third-order valence-corrected chi connectivity index (χ3v) is 4.07. The van der Waals surface area contributed by atoms with E-state index in [9.17, 15) is 0 Å². The molecule has 1 heterocycles. The van der Waals surface area contributed by atoms with Crippen LogP contribution in [0.2, 0.25) is 0 Å². The zero-order valence-electron chi connectivity index (χ0n) is 11.6. The molecule has 0 aliphatic carbocycles. The van der Waals surface area contributed by atoms with E-state index in [2.05, 4.69) is 32.6 Å². The SMILES string of the molecule is CCCC(N)C(CC)N1CCCC1C(C)C. The Bertz CT molecular complexity index is 191. The van der Waals surface area contributed by atoms with Crippen LogP contribution in [0, 0.1) is 5.92 Å². The predicted molar refractivity (Wildman–Crippen MR) is 71.5 cm³/mol. The molecule has 0 bridgehead atoms. The molecule has 96 valence electrons. The Morgan fingerprint density at radius 1 is 1.31 bits per heavy atom. The van der Waals surface area contributed by atoms with E-state index in [1.807, 2.05) is 0 Å². The van der Waals surface area contributed by atoms with Crippen LogP contribution in [0.25, 0.3) is 0 Å². The first kappa shape index (κ1) is 14.0. The number of nitrogens with zero attached hydrogens (tertiary/aromatic N) is 1. The topological polar surface area (TPSA) is 29.3 Å². The van der Waals surface area contributed by atoms with Gasteiger partial charge in [0.1, 0.15) is 0 Å². The normalized spacial score (nSPS) is 26.2. The third kappa shape index (κ3) is 3.21. The van der Waals surface area contributed by atoms with Gasteiger partial charge in [0.05, 0.1) is 0 Å². The highest BCUT2D eigenvalue weighted by molar-refractivity contribution is 4.90. The summed E-state index contributed by atoms with van der Waals surface area (Å²) >= 11 is 0. The molecule has 1 rings (SSSR count). The molecule has 2 N–H and O–H groups in total. The molecule has 3 atom stereocenters. The fourth-order valence-electron chi connectivity index (χ4n) is 3.25. The quantitative estimate of drug-likeness (QED) is 0.754. The van der Waals surface area contributed by atoms with Gasteiger partial charge in [-0.2, -0.15) is 0 Å². The Balaban J connectivity index is 2.63. The number of rotatable bonds is 6. The molecule has 2 nitrogen and oxygen atoms in total. The second kappa shape index (κ2) is 6.61. The van der Waals surface area contributed by atoms with Crippen molar-refractivity contribution in [1.29, 1.82) is 0 Å². The zero-order valence-corrected chi connectivity index (χ0v) is 11.6. The maximum Gasteiger partial charge on any atom is 0.0247 e. The van der Waals surface area contributed by atoms with Gasteiger partial charge in [-0.3, -0.25) is 4.90 Å². The molecule has 16 heavy (non-hydrogen) atoms. The Hall–Kier alpha value is -0.0800. The van der Waals surface area contributed by atoms with E-state index in [0.29, 0.717) is 12.1 Å². The largest absolute Gasteiger partial charge is 0.326 e. The molecule has 0 radical (unpaired) electrons. The smallest absolute Gasteiger partial charge is 0.0247 e. The molecule has 2 heteroatoms. The van der Waals surface area contributed by atoms with E-state index >= 15 is 0 Å². The molecule has 1 aliphatic heterocycles. The molecular formula is C14H30N2. The second-order valence-corrected chi connectivity index (χ2v) is 5.62. The third-order valence-electron chi connectivity index (χ3n) is 4.07. The maximum atomic E-state index is 6.34. The van der Waals surface area contributed by atoms with E-state index in [0.717, 1.165) is 12.0 Å². The first-order valence-electron chi connectivity index (χ1n) is 7.13. The van der Waals surface area contributed by atoms with E-state index in [1.165, 1.54) is 38.6 Å². The maximum absolute atomic E-state index is 6.34. The number of hydrogen-bond donors (Lipinski definition) is 1. The summed E-state index contributed by atoms with van der Waals surface area (Å²) in [6.45, 7) is 10.5. The lowest BCUT2D eigenvalue weighted by molar-refractivity contribution is 0.120. The van der Waals surface area contributed by atoms with E-state index in [4.69, 9.17) is 5.73 Å². The van der Waals surface area contributed by atoms with Crippen molar-refractivity contribution in [2.24, 2.45) is 11.7 Å². The highest BCUT2D eigenvalue weighted by Crippen LogP contribution is 2.28. The minimum absolute atomic E-state index is 0.370. The molecular weight excluding hydrogens is 196 g/mol. The summed E-state index contributed by atoms with van der Waals surface area (Å²) in [5.74, 6) is 0.769. The van der Waals surface area contributed by atoms with Gasteiger partial charge in [0.2, 0.25) is 0 Å². The van der Waals surface area contributed by atoms with Gasteiger partial charge < -0.3 is 5.73 Å². The van der Waals surface area contributed by atoms with Gasteiger partial charge in [-0.05, 0) is 38.1 Å². The highest BCUT2D eigenvalue weighted by Gasteiger charge is 2.33. The van der Waals surface area contributed by atoms with E-state index in [-0.39, 0.29) is 0 Å². The second-order valence-electron chi connectivity index (χ2n) is 5.62. The van der Waals surface area contributed by atoms with Crippen molar-refractivity contribution in [3.05, 3.63) is 0 Å². The molecule has 1 fully saturated rings. The standard InChI is InChI=1S/C14H30N2/c1-5-8-12(15)13(6-2)16-10-7-9-14(16)11(3)4/h11-14H,5-10,15H2,1-4H3. The van der Waals surface area contributed by atoms with Crippen molar-refractivity contribution < 1.29 is 0 Å². The lowest BCUT2D eigenvalue weighted by Crippen LogP contribution is -2.50. The summed E-state index contributed by atoms with van der Waals surface area (Å²) in [6, 6.07) is 1.75. The summed E-state index contributed by atoms with van der Waals surface area (Å²) in [7, 11) is 0. The Morgan fingerprint density at radius 2 is 2.00 bits per heavy atom. The molecule has 1 aliphatic rings. The summed E-state index contributed by atoms with van der Waals surface area (Å²) in [5, 5.41) is 0. The van der Waals surface area contributed by atoms with Crippen LogP contribution in [0.15, 0.2) is 0 Å². The lowest BCUT2D eigenvalue weighted by Gasteiger charge is -2.38. The predicted octanol–water partition coefficient (Wildman–Crippen LogP) is 3.01. The molecule has 0 saturated carbocycles. The molecule has 0 amide bonds. The summed E-state index contributed by atoms with van der Waals surface area (Å²) < 4.78 is 0. The van der Waals surface area contributed by atoms with Gasteiger partial charge in [0, 0.05) is 18.1 Å². The monoisotopic (exact) mass is 226 g/mol. The zero-order chi connectivity index (χ0) is 12.1. The minimum atomic E-state index is 0.370. The minimum Gasteiger partial charge on any atom is -0.326 e. The Morgan fingerprint density at radius 3 is 2.50 bits per heavy atom. The van der Waals surface area contributed by atoms with Gasteiger partial charge in [-0.15, -0.1) is 0 Å². The number of nitrogens with two attached hydrogens (primary N) is 1. The van der Waals surface area contributed by atoms with Crippen molar-refractivity contribution in [3.63, 3.8) is 0 Å². The van der Waals surface area contributed by atoms with Crippen LogP contribution in [0.1, 0.15) is 59.8 Å². The van der Waals surface area contributed by atoms with Gasteiger partial charge in [-0.1, -0.05) is 34.1 Å². The van der Waals surface area contributed by atoms with Gasteiger partial charge in [-0.25, -0.2) is 0 Å². The fraction of sp³-hybridized carbons (Fsp3) is 1.00. The van der Waals surface area contributed by atoms with Crippen LogP contribution >= 0.6 is 0 Å². The summed E-state index contributed by atoms with van der Waals surface area (Å²) in [4.78, 5) is 2.70. The van der Waals surface area contributed by atoms with Crippen LogP contribution in [0.3, 0.4) is 0 Å². The lowest BCUT2D eigenvalue weighted by atomic mass is 9.95. The van der Waals surface area contributed by atoms with E-state index < -0.39 is 0 Å². The number of hydrogen-bond acceptors (Lipinski definition) is 2. The van der Waals surface area contributed by atoms with Crippen LogP contribution in [-0.2, 0) is 0 Å². The molecule has 0 aromatic heterocycles. The average molecular weight is 226 g/mol. The average Bonchev–Trinajstić information content (AvgIpc) is 2.68. The van der Waals surface area contributed by atoms with Crippen LogP contribution in [-0.4, -0.2) is 29.6 Å². The molecule has 1 saturated heterocycles. The Labute approximate surface area is 102 Å². The van der Waals surface area contributed by atoms with Crippen LogP contribution in [0.4, 0.5) is 0 Å². The Kier molecular flexibility index (Phi) is 5.77. The van der Waals surface area contributed by atoms with Crippen molar-refractivity contribution in [3.8, 4) is 0 Å². The molecule has 3 unspecified atom stereocenters. The van der Waals surface area contributed by atoms with Crippen molar-refractivity contribution >= 4 is 0 Å². The molecule has 0 spiro atoms. The van der Waals surface area contributed by atoms with Crippen molar-refractivity contribution in [2.45, 2.75) is 77.9 Å². The molecule has 0 aromatic rings. The fourth-order valence-corrected chi connectivity index (χ4v) is 3.25. The summed E-state index contributed by atoms with van der Waals surface area (Å²) in [6.07, 6.45) is 6.30. The van der Waals surface area contributed by atoms with Gasteiger partial charge in [0.25, 0.3) is 0 Å². The van der Waals surface area contributed by atoms with Crippen LogP contribution in [0.5, 0.6) is 0 Å². The van der Waals surface area contributed by atoms with Crippen molar-refractivity contribution in [2.75, 3.05) is 6.54 Å². The number of likely N-dealkylation sites (tertiary alicyclic amines) is 1. The summed E-state index contributed by atoms with van der Waals surface area (Å²) in [5.41, 5.74) is 6.34. The molecule has 0 aromatic carbocycles. The van der Waals surface area contributed by atoms with Gasteiger partial charge in [0.15, 0.2) is 0 Å². The van der Waals surface area contributed by atoms with Crippen LogP contribution < -0.4 is 5.73 Å². The van der Waals surface area contributed by atoms with E-state index in [1.54, 1.807) is 0 Å². The highest BCUT2D eigenvalue weighted by atomic mass is 15.2. The first-order chi connectivity index (χ1) is 7.61. The first-order valence-corrected chi connectivity index (χ1v) is 7.13. The van der Waals surface area contributed by atoms with Gasteiger partial charge >= 0.3 is 0 Å².